The molecule has 0 fully saturated rings. The molecule has 0 N–H and O–H groups in total. The fourth-order valence-electron chi connectivity index (χ4n) is 13.2. The molecule has 83 heavy (non-hydrogen) atoms. The van der Waals surface area contributed by atoms with Crippen LogP contribution in [0.25, 0.3) is 106 Å². The first-order chi connectivity index (χ1) is 41.2. The lowest BCUT2D eigenvalue weighted by Crippen LogP contribution is -2.61. The summed E-state index contributed by atoms with van der Waals surface area (Å²) in [6, 6.07) is 102. The Hall–Kier alpha value is -11.1. The second-order valence-electron chi connectivity index (χ2n) is 21.4. The quantitative estimate of drug-likeness (QED) is 0.141. The van der Waals surface area contributed by atoms with Crippen molar-refractivity contribution in [2.45, 2.75) is 0 Å². The molecule has 0 saturated heterocycles. The van der Waals surface area contributed by atoms with Crippen molar-refractivity contribution in [3.8, 4) is 62.1 Å². The van der Waals surface area contributed by atoms with Crippen LogP contribution < -0.4 is 26.2 Å². The van der Waals surface area contributed by atoms with E-state index in [-0.39, 0.29) is 6.71 Å². The predicted molar refractivity (Wildman–Crippen MR) is 343 cm³/mol. The third kappa shape index (κ3) is 7.36. The predicted octanol–water partition coefficient (Wildman–Crippen LogP) is 17.3. The minimum absolute atomic E-state index is 0.0332. The zero-order chi connectivity index (χ0) is 54.5. The summed E-state index contributed by atoms with van der Waals surface area (Å²) in [5.41, 5.74) is 22.5. The summed E-state index contributed by atoms with van der Waals surface area (Å²) < 4.78 is 9.23. The van der Waals surface area contributed by atoms with E-state index in [0.29, 0.717) is 17.5 Å². The number of anilines is 6. The van der Waals surface area contributed by atoms with Crippen molar-refractivity contribution in [3.63, 3.8) is 0 Å². The van der Waals surface area contributed by atoms with E-state index in [1.54, 1.807) is 0 Å². The van der Waals surface area contributed by atoms with Gasteiger partial charge in [0.2, 0.25) is 0 Å². The van der Waals surface area contributed by atoms with Gasteiger partial charge in [0.1, 0.15) is 11.2 Å². The minimum Gasteiger partial charge on any atom is -0.455 e. The summed E-state index contributed by atoms with van der Waals surface area (Å²) in [4.78, 5) is 20.6. The highest BCUT2D eigenvalue weighted by molar-refractivity contribution is 7.00. The van der Waals surface area contributed by atoms with Crippen molar-refractivity contribution in [3.05, 3.63) is 285 Å². The second kappa shape index (κ2) is 18.8. The number of furan rings is 1. The number of aromatic nitrogens is 4. The van der Waals surface area contributed by atoms with Gasteiger partial charge >= 0.3 is 0 Å². The van der Waals surface area contributed by atoms with Gasteiger partial charge in [0.25, 0.3) is 6.71 Å². The smallest absolute Gasteiger partial charge is 0.252 e. The number of nitrogens with zero attached hydrogens (tertiary/aromatic N) is 6. The molecule has 7 nitrogen and oxygen atoms in total. The van der Waals surface area contributed by atoms with E-state index in [0.717, 1.165) is 117 Å². The molecular weight excluding hydrogens is 1010 g/mol. The van der Waals surface area contributed by atoms with Gasteiger partial charge in [0.05, 0.1) is 27.8 Å². The van der Waals surface area contributed by atoms with Crippen LogP contribution in [-0.4, -0.2) is 26.2 Å². The molecule has 0 bridgehead atoms. The molecule has 0 atom stereocenters. The van der Waals surface area contributed by atoms with Crippen molar-refractivity contribution in [2.24, 2.45) is 0 Å². The van der Waals surface area contributed by atoms with E-state index in [2.05, 4.69) is 257 Å². The Kier molecular flexibility index (Phi) is 10.6. The van der Waals surface area contributed by atoms with Crippen molar-refractivity contribution in [2.75, 3.05) is 9.80 Å². The van der Waals surface area contributed by atoms with Gasteiger partial charge in [-0.25, -0.2) is 15.0 Å². The first kappa shape index (κ1) is 46.8. The number of hydrogen-bond donors (Lipinski definition) is 0. The molecule has 0 amide bonds. The average Bonchev–Trinajstić information content (AvgIpc) is 2.92. The van der Waals surface area contributed by atoms with Gasteiger partial charge in [-0.15, -0.1) is 0 Å². The Morgan fingerprint density at radius 1 is 0.325 bits per heavy atom. The zero-order valence-electron chi connectivity index (χ0n) is 44.8. The first-order valence-electron chi connectivity index (χ1n) is 28.2. The van der Waals surface area contributed by atoms with Gasteiger partial charge in [0, 0.05) is 72.4 Å². The summed E-state index contributed by atoms with van der Waals surface area (Å²) in [5, 5.41) is 4.38. The maximum atomic E-state index is 6.82. The number of fused-ring (bicyclic) bond motifs is 11. The Morgan fingerprint density at radius 3 is 1.54 bits per heavy atom. The maximum Gasteiger partial charge on any atom is 0.252 e. The molecule has 12 aromatic carbocycles. The molecule has 0 spiro atoms. The average molecular weight is 1060 g/mol. The third-order valence-corrected chi connectivity index (χ3v) is 16.8. The summed E-state index contributed by atoms with van der Waals surface area (Å²) in [6.45, 7) is -0.0332. The van der Waals surface area contributed by atoms with Crippen LogP contribution in [0.15, 0.2) is 290 Å². The maximum absolute atomic E-state index is 6.82. The number of hydrogen-bond acceptors (Lipinski definition) is 6. The van der Waals surface area contributed by atoms with Crippen molar-refractivity contribution in [1.29, 1.82) is 0 Å². The summed E-state index contributed by atoms with van der Waals surface area (Å²) in [7, 11) is 0. The highest BCUT2D eigenvalue weighted by Gasteiger charge is 2.44. The van der Waals surface area contributed by atoms with Gasteiger partial charge in [0.15, 0.2) is 17.5 Å². The summed E-state index contributed by atoms with van der Waals surface area (Å²) in [6.07, 6.45) is 0. The molecule has 15 aromatic rings. The van der Waals surface area contributed by atoms with Crippen LogP contribution in [-0.2, 0) is 0 Å². The van der Waals surface area contributed by atoms with Gasteiger partial charge in [-0.1, -0.05) is 194 Å². The first-order valence-corrected chi connectivity index (χ1v) is 28.2. The van der Waals surface area contributed by atoms with Gasteiger partial charge in [-0.3, -0.25) is 0 Å². The largest absolute Gasteiger partial charge is 0.455 e. The lowest BCUT2D eigenvalue weighted by molar-refractivity contribution is 0.673. The van der Waals surface area contributed by atoms with Crippen molar-refractivity contribution >= 4 is 101 Å². The number of rotatable bonds is 8. The molecule has 386 valence electrons. The topological polar surface area (TPSA) is 63.2 Å². The fourth-order valence-corrected chi connectivity index (χ4v) is 13.2. The Morgan fingerprint density at radius 2 is 0.855 bits per heavy atom. The summed E-state index contributed by atoms with van der Waals surface area (Å²) >= 11 is 0. The molecule has 8 heteroatoms. The highest BCUT2D eigenvalue weighted by Crippen LogP contribution is 2.49. The fraction of sp³-hybridized carbons (Fsp3) is 0. The van der Waals surface area contributed by atoms with E-state index < -0.39 is 0 Å². The van der Waals surface area contributed by atoms with Crippen LogP contribution >= 0.6 is 0 Å². The van der Waals surface area contributed by atoms with Crippen LogP contribution in [0.5, 0.6) is 0 Å². The minimum atomic E-state index is -0.0332. The zero-order valence-corrected chi connectivity index (χ0v) is 44.8. The molecule has 0 radical (unpaired) electrons. The molecule has 5 heterocycles. The van der Waals surface area contributed by atoms with E-state index in [4.69, 9.17) is 19.4 Å². The van der Waals surface area contributed by atoms with Crippen LogP contribution in [0.3, 0.4) is 0 Å². The number of benzene rings is 12. The van der Waals surface area contributed by atoms with Crippen LogP contribution in [0.4, 0.5) is 34.1 Å². The molecule has 2 aliphatic rings. The SMILES string of the molecule is c1ccc(-c2nc(-c3ccccc3)nc(-c3ccc(-n4c5ccccc5c5c6oc7ccccc7c6ccc54)c(-c4cccc(-c5ccc6c7c5N(c5ccccc5)c5ccccc5B7c5ccccc5N6c5ccccc5)c4)c3)n2)cc1. The van der Waals surface area contributed by atoms with Gasteiger partial charge in [-0.05, 0) is 119 Å². The highest BCUT2D eigenvalue weighted by atomic mass is 16.3. The van der Waals surface area contributed by atoms with Crippen LogP contribution in [0.2, 0.25) is 0 Å². The standard InChI is InChI=1S/C75H47BN6O/c1-5-22-48(23-6-1)73-77-74(49-24-7-2-8-25-49)79-75(78-73)52-40-43-63(82-62-36-17-13-33-58(62)69-66(82)44-42-57-56-32-14-20-39-68(56)83-72(57)69)59(47-52)51-27-21-26-50(46-51)55-41-45-67-70-71(55)81(54-30-11-4-12-31-54)65-38-19-16-35-61(65)76(70)60-34-15-18-37-64(60)80(67)53-28-9-3-10-29-53/h1-47H. The number of para-hydroxylation sites is 6. The lowest BCUT2D eigenvalue weighted by Gasteiger charge is -2.45. The van der Waals surface area contributed by atoms with E-state index in [1.165, 1.54) is 22.1 Å². The second-order valence-corrected chi connectivity index (χ2v) is 21.4. The Labute approximate surface area is 479 Å². The van der Waals surface area contributed by atoms with Gasteiger partial charge in [-0.2, -0.15) is 0 Å². The molecule has 0 saturated carbocycles. The molecule has 17 rings (SSSR count). The monoisotopic (exact) mass is 1060 g/mol. The Bertz CT molecular complexity index is 4990. The molecule has 3 aromatic heterocycles. The van der Waals surface area contributed by atoms with Gasteiger partial charge < -0.3 is 18.8 Å². The van der Waals surface area contributed by atoms with Crippen LogP contribution in [0, 0.1) is 0 Å². The molecule has 0 unspecified atom stereocenters. The normalized spacial score (nSPS) is 12.5. The Balaban J connectivity index is 0.932. The van der Waals surface area contributed by atoms with Crippen molar-refractivity contribution in [1.82, 2.24) is 19.5 Å². The van der Waals surface area contributed by atoms with E-state index in [1.807, 2.05) is 42.5 Å². The van der Waals surface area contributed by atoms with E-state index >= 15 is 0 Å². The summed E-state index contributed by atoms with van der Waals surface area (Å²) in [5.74, 6) is 1.80. The molecule has 0 aliphatic carbocycles. The third-order valence-electron chi connectivity index (χ3n) is 16.8. The molecular formula is C75H47BN6O. The molecule has 2 aliphatic heterocycles. The van der Waals surface area contributed by atoms with Crippen molar-refractivity contribution < 1.29 is 4.42 Å². The van der Waals surface area contributed by atoms with E-state index in [9.17, 15) is 0 Å². The van der Waals surface area contributed by atoms with Crippen LogP contribution in [0.1, 0.15) is 0 Å². The lowest BCUT2D eigenvalue weighted by atomic mass is 9.33.